The van der Waals surface area contributed by atoms with E-state index in [1.165, 1.54) is 0 Å². The third kappa shape index (κ3) is 3.32. The molecule has 8 heteroatoms. The maximum absolute atomic E-state index is 12.9. The van der Waals surface area contributed by atoms with Crippen molar-refractivity contribution in [1.82, 2.24) is 15.5 Å². The van der Waals surface area contributed by atoms with Gasteiger partial charge in [-0.25, -0.2) is 4.79 Å². The maximum Gasteiger partial charge on any atom is 0.319 e. The molecule has 2 aliphatic rings. The quantitative estimate of drug-likeness (QED) is 0.712. The molecule has 1 aromatic carbocycles. The molecule has 0 aromatic heterocycles. The molecule has 0 unspecified atom stereocenters. The highest BCUT2D eigenvalue weighted by Gasteiger charge is 2.40. The zero-order valence-corrected chi connectivity index (χ0v) is 15.1. The van der Waals surface area contributed by atoms with Crippen LogP contribution in [0.4, 0.5) is 4.79 Å². The summed E-state index contributed by atoms with van der Waals surface area (Å²) in [6, 6.07) is 4.51. The SMILES string of the molecule is COCCCN1CC2=C(C1=O)[C@H](c1ccc(OC)c(OC)c1)NC(=O)N2. The minimum atomic E-state index is -0.529. The standard InChI is InChI=1S/C18H23N3O5/c1-24-8-4-7-21-10-12-15(17(21)22)16(20-18(23)19-12)11-5-6-13(25-2)14(9-11)26-3/h5-6,9,16H,4,7-8,10H2,1-3H3,(H2,19,20,23)/t16-/m0/s1. The van der Waals surface area contributed by atoms with Crippen molar-refractivity contribution < 1.29 is 23.8 Å². The molecule has 0 bridgehead atoms. The number of ether oxygens (including phenoxy) is 3. The van der Waals surface area contributed by atoms with Crippen molar-refractivity contribution in [2.24, 2.45) is 0 Å². The van der Waals surface area contributed by atoms with Crippen LogP contribution in [0.15, 0.2) is 29.5 Å². The number of carbonyl (C=O) groups is 2. The van der Waals surface area contributed by atoms with Gasteiger partial charge in [-0.3, -0.25) is 4.79 Å². The van der Waals surface area contributed by atoms with E-state index in [0.717, 1.165) is 12.0 Å². The normalized spacial score (nSPS) is 19.2. The number of carbonyl (C=O) groups excluding carboxylic acids is 2. The minimum absolute atomic E-state index is 0.0802. The third-order valence-corrected chi connectivity index (χ3v) is 4.54. The van der Waals surface area contributed by atoms with Crippen LogP contribution in [0.25, 0.3) is 0 Å². The van der Waals surface area contributed by atoms with E-state index in [2.05, 4.69) is 10.6 Å². The van der Waals surface area contributed by atoms with Crippen LogP contribution < -0.4 is 20.1 Å². The Labute approximate surface area is 152 Å². The van der Waals surface area contributed by atoms with Crippen molar-refractivity contribution in [3.8, 4) is 11.5 Å². The van der Waals surface area contributed by atoms with Crippen molar-refractivity contribution in [3.05, 3.63) is 35.0 Å². The van der Waals surface area contributed by atoms with Crippen LogP contribution in [-0.4, -0.2) is 57.9 Å². The summed E-state index contributed by atoms with van der Waals surface area (Å²) in [6.07, 6.45) is 0.741. The summed E-state index contributed by atoms with van der Waals surface area (Å²) >= 11 is 0. The summed E-state index contributed by atoms with van der Waals surface area (Å²) in [5, 5.41) is 5.59. The van der Waals surface area contributed by atoms with E-state index in [1.54, 1.807) is 38.4 Å². The van der Waals surface area contributed by atoms with E-state index in [9.17, 15) is 9.59 Å². The Morgan fingerprint density at radius 2 is 1.92 bits per heavy atom. The molecule has 3 amide bonds. The Morgan fingerprint density at radius 3 is 2.62 bits per heavy atom. The van der Waals surface area contributed by atoms with Gasteiger partial charge in [-0.05, 0) is 24.1 Å². The Hall–Kier alpha value is -2.74. The van der Waals surface area contributed by atoms with Crippen LogP contribution in [0, 0.1) is 0 Å². The summed E-state index contributed by atoms with van der Waals surface area (Å²) in [5.74, 6) is 1.05. The van der Waals surface area contributed by atoms with Crippen LogP contribution in [0.3, 0.4) is 0 Å². The molecule has 26 heavy (non-hydrogen) atoms. The van der Waals surface area contributed by atoms with E-state index in [1.807, 2.05) is 6.07 Å². The molecule has 2 aliphatic heterocycles. The Morgan fingerprint density at radius 1 is 1.15 bits per heavy atom. The highest BCUT2D eigenvalue weighted by Crippen LogP contribution is 2.36. The first kappa shape index (κ1) is 18.1. The van der Waals surface area contributed by atoms with Crippen LogP contribution in [0.5, 0.6) is 11.5 Å². The average molecular weight is 361 g/mol. The van der Waals surface area contributed by atoms with Gasteiger partial charge in [0, 0.05) is 20.3 Å². The molecular weight excluding hydrogens is 338 g/mol. The molecular formula is C18H23N3O5. The highest BCUT2D eigenvalue weighted by molar-refractivity contribution is 6.01. The Balaban J connectivity index is 1.89. The van der Waals surface area contributed by atoms with Gasteiger partial charge in [0.25, 0.3) is 5.91 Å². The summed E-state index contributed by atoms with van der Waals surface area (Å²) in [5.41, 5.74) is 1.97. The number of nitrogens with one attached hydrogen (secondary N) is 2. The number of amides is 3. The van der Waals surface area contributed by atoms with Crippen LogP contribution in [-0.2, 0) is 9.53 Å². The first-order chi connectivity index (χ1) is 12.6. The first-order valence-corrected chi connectivity index (χ1v) is 8.39. The number of benzene rings is 1. The second-order valence-corrected chi connectivity index (χ2v) is 6.11. The lowest BCUT2D eigenvalue weighted by Crippen LogP contribution is -2.44. The van der Waals surface area contributed by atoms with E-state index in [0.29, 0.717) is 42.5 Å². The zero-order valence-electron chi connectivity index (χ0n) is 15.1. The average Bonchev–Trinajstić information content (AvgIpc) is 2.96. The van der Waals surface area contributed by atoms with Gasteiger partial charge in [0.15, 0.2) is 11.5 Å². The van der Waals surface area contributed by atoms with E-state index < -0.39 is 6.04 Å². The molecule has 0 saturated carbocycles. The zero-order chi connectivity index (χ0) is 18.7. The van der Waals surface area contributed by atoms with Crippen molar-refractivity contribution >= 4 is 11.9 Å². The van der Waals surface area contributed by atoms with Crippen LogP contribution in [0.1, 0.15) is 18.0 Å². The number of methoxy groups -OCH3 is 3. The van der Waals surface area contributed by atoms with Gasteiger partial charge in [0.05, 0.1) is 38.1 Å². The predicted octanol–water partition coefficient (Wildman–Crippen LogP) is 1.19. The number of urea groups is 1. The van der Waals surface area contributed by atoms with Crippen molar-refractivity contribution in [1.29, 1.82) is 0 Å². The summed E-state index contributed by atoms with van der Waals surface area (Å²) in [6.45, 7) is 1.56. The summed E-state index contributed by atoms with van der Waals surface area (Å²) in [7, 11) is 4.74. The molecule has 1 aromatic rings. The fraction of sp³-hybridized carbons (Fsp3) is 0.444. The lowest BCUT2D eigenvalue weighted by molar-refractivity contribution is -0.125. The minimum Gasteiger partial charge on any atom is -0.493 e. The van der Waals surface area contributed by atoms with Crippen molar-refractivity contribution in [3.63, 3.8) is 0 Å². The smallest absolute Gasteiger partial charge is 0.319 e. The van der Waals surface area contributed by atoms with Gasteiger partial charge in [-0.15, -0.1) is 0 Å². The van der Waals surface area contributed by atoms with E-state index >= 15 is 0 Å². The van der Waals surface area contributed by atoms with Crippen molar-refractivity contribution in [2.45, 2.75) is 12.5 Å². The van der Waals surface area contributed by atoms with Gasteiger partial charge in [-0.1, -0.05) is 6.07 Å². The molecule has 0 radical (unpaired) electrons. The molecule has 1 atom stereocenters. The van der Waals surface area contributed by atoms with E-state index in [4.69, 9.17) is 14.2 Å². The van der Waals surface area contributed by atoms with Gasteiger partial charge < -0.3 is 29.7 Å². The highest BCUT2D eigenvalue weighted by atomic mass is 16.5. The molecule has 3 rings (SSSR count). The Kier molecular flexibility index (Phi) is 5.32. The second kappa shape index (κ2) is 7.65. The largest absolute Gasteiger partial charge is 0.493 e. The van der Waals surface area contributed by atoms with Gasteiger partial charge in [-0.2, -0.15) is 0 Å². The fourth-order valence-electron chi connectivity index (χ4n) is 3.29. The Bertz CT molecular complexity index is 746. The monoisotopic (exact) mass is 361 g/mol. The maximum atomic E-state index is 12.9. The number of hydrogen-bond donors (Lipinski definition) is 2. The molecule has 2 heterocycles. The summed E-state index contributed by atoms with van der Waals surface area (Å²) in [4.78, 5) is 26.7. The van der Waals surface area contributed by atoms with Gasteiger partial charge in [0.1, 0.15) is 0 Å². The number of nitrogens with zero attached hydrogens (tertiary/aromatic N) is 1. The molecule has 0 fully saturated rings. The van der Waals surface area contributed by atoms with Gasteiger partial charge in [0.2, 0.25) is 0 Å². The number of rotatable bonds is 7. The lowest BCUT2D eigenvalue weighted by atomic mass is 9.96. The van der Waals surface area contributed by atoms with Crippen LogP contribution in [0.2, 0.25) is 0 Å². The molecule has 0 spiro atoms. The van der Waals surface area contributed by atoms with Crippen molar-refractivity contribution in [2.75, 3.05) is 41.0 Å². The predicted molar refractivity (Wildman–Crippen MR) is 94.1 cm³/mol. The summed E-state index contributed by atoms with van der Waals surface area (Å²) < 4.78 is 15.6. The van der Waals surface area contributed by atoms with E-state index in [-0.39, 0.29) is 11.9 Å². The molecule has 0 aliphatic carbocycles. The van der Waals surface area contributed by atoms with Crippen LogP contribution >= 0.6 is 0 Å². The lowest BCUT2D eigenvalue weighted by Gasteiger charge is -2.26. The molecule has 0 saturated heterocycles. The fourth-order valence-corrected chi connectivity index (χ4v) is 3.29. The molecule has 140 valence electrons. The second-order valence-electron chi connectivity index (χ2n) is 6.11. The number of hydrogen-bond acceptors (Lipinski definition) is 5. The third-order valence-electron chi connectivity index (χ3n) is 4.54. The first-order valence-electron chi connectivity index (χ1n) is 8.39. The van der Waals surface area contributed by atoms with Gasteiger partial charge >= 0.3 is 6.03 Å². The topological polar surface area (TPSA) is 89.1 Å². The molecule has 8 nitrogen and oxygen atoms in total. The molecule has 2 N–H and O–H groups in total.